The Morgan fingerprint density at radius 2 is 1.59 bits per heavy atom. The minimum absolute atomic E-state index is 0.0940. The molecule has 0 spiro atoms. The first-order valence-corrected chi connectivity index (χ1v) is 8.56. The first kappa shape index (κ1) is 20.0. The number of halogens is 1. The molecule has 1 aliphatic heterocycles. The summed E-state index contributed by atoms with van der Waals surface area (Å²) in [7, 11) is 0. The summed E-state index contributed by atoms with van der Waals surface area (Å²) in [6, 6.07) is 8.91. The van der Waals surface area contributed by atoms with Crippen LogP contribution in [0.15, 0.2) is 42.5 Å². The van der Waals surface area contributed by atoms with Gasteiger partial charge in [-0.15, -0.1) is 0 Å². The van der Waals surface area contributed by atoms with Crippen molar-refractivity contribution in [2.75, 3.05) is 5.32 Å². The molecule has 0 aromatic heterocycles. The van der Waals surface area contributed by atoms with Gasteiger partial charge in [0, 0.05) is 0 Å². The molecule has 0 saturated heterocycles. The van der Waals surface area contributed by atoms with Crippen LogP contribution in [0.3, 0.4) is 0 Å². The van der Waals surface area contributed by atoms with Crippen LogP contribution in [0.2, 0.25) is 0 Å². The van der Waals surface area contributed by atoms with Crippen molar-refractivity contribution in [3.8, 4) is 0 Å². The molecule has 0 bridgehead atoms. The van der Waals surface area contributed by atoms with Crippen LogP contribution in [0.25, 0.3) is 0 Å². The Kier molecular flexibility index (Phi) is 5.06. The van der Waals surface area contributed by atoms with Crippen LogP contribution < -0.4 is 5.32 Å². The Hall–Kier alpha value is -3.75. The number of hydrogen-bond donors (Lipinski definition) is 1. The van der Waals surface area contributed by atoms with Gasteiger partial charge >= 0.3 is 12.1 Å². The van der Waals surface area contributed by atoms with E-state index in [1.165, 1.54) is 12.1 Å². The molecule has 2 aromatic rings. The smallest absolute Gasteiger partial charge is 0.412 e. The van der Waals surface area contributed by atoms with Gasteiger partial charge in [0.25, 0.3) is 11.8 Å². The largest absolute Gasteiger partial charge is 0.444 e. The maximum atomic E-state index is 13.6. The average molecular weight is 400 g/mol. The third kappa shape index (κ3) is 4.23. The number of carbonyl (C=O) groups excluding carboxylic acids is 4. The summed E-state index contributed by atoms with van der Waals surface area (Å²) in [4.78, 5) is 54.1. The second-order valence-corrected chi connectivity index (χ2v) is 7.15. The number of carbonyl (C=O) groups is 4. The van der Waals surface area contributed by atoms with Gasteiger partial charge in [0.15, 0.2) is 0 Å². The number of ether oxygens (including phenoxy) is 1. The summed E-state index contributed by atoms with van der Waals surface area (Å²) in [6.07, 6.45) is -0.919. The fourth-order valence-electron chi connectivity index (χ4n) is 2.59. The lowest BCUT2D eigenvalue weighted by atomic mass is 10.1. The zero-order chi connectivity index (χ0) is 21.3. The van der Waals surface area contributed by atoms with Crippen LogP contribution in [-0.2, 0) is 9.57 Å². The van der Waals surface area contributed by atoms with E-state index >= 15 is 0 Å². The van der Waals surface area contributed by atoms with Crippen LogP contribution in [0.5, 0.6) is 0 Å². The van der Waals surface area contributed by atoms with Gasteiger partial charge in [-0.05, 0) is 51.1 Å². The Labute approximate surface area is 165 Å². The Balaban J connectivity index is 1.82. The van der Waals surface area contributed by atoms with E-state index in [1.54, 1.807) is 32.9 Å². The second-order valence-electron chi connectivity index (χ2n) is 7.15. The van der Waals surface area contributed by atoms with Crippen molar-refractivity contribution in [3.63, 3.8) is 0 Å². The molecule has 3 amide bonds. The number of amides is 3. The van der Waals surface area contributed by atoms with Crippen molar-refractivity contribution in [2.24, 2.45) is 0 Å². The topological polar surface area (TPSA) is 102 Å². The zero-order valence-corrected chi connectivity index (χ0v) is 15.8. The summed E-state index contributed by atoms with van der Waals surface area (Å²) in [5.41, 5.74) is -1.14. The SMILES string of the molecule is CC(C)(C)OC(=O)Nc1cc(F)ccc1C(=O)ON1C(=O)c2ccccc2C1=O. The van der Waals surface area contributed by atoms with Crippen molar-refractivity contribution < 1.29 is 33.1 Å². The zero-order valence-electron chi connectivity index (χ0n) is 15.8. The quantitative estimate of drug-likeness (QED) is 0.791. The van der Waals surface area contributed by atoms with E-state index in [9.17, 15) is 23.6 Å². The van der Waals surface area contributed by atoms with Gasteiger partial charge in [0.1, 0.15) is 11.4 Å². The highest BCUT2D eigenvalue weighted by Crippen LogP contribution is 2.25. The van der Waals surface area contributed by atoms with E-state index in [4.69, 9.17) is 9.57 Å². The van der Waals surface area contributed by atoms with Crippen LogP contribution in [0, 0.1) is 5.82 Å². The Bertz CT molecular complexity index is 993. The first-order chi connectivity index (χ1) is 13.6. The van der Waals surface area contributed by atoms with E-state index in [0.29, 0.717) is 5.06 Å². The summed E-state index contributed by atoms with van der Waals surface area (Å²) < 4.78 is 18.7. The average Bonchev–Trinajstić information content (AvgIpc) is 2.85. The third-order valence-electron chi connectivity index (χ3n) is 3.77. The molecule has 0 unspecified atom stereocenters. The van der Waals surface area contributed by atoms with Gasteiger partial charge in [-0.3, -0.25) is 14.9 Å². The Morgan fingerprint density at radius 1 is 1.00 bits per heavy atom. The number of imide groups is 1. The molecule has 0 saturated carbocycles. The van der Waals surface area contributed by atoms with E-state index in [2.05, 4.69) is 5.32 Å². The van der Waals surface area contributed by atoms with Crippen LogP contribution in [0.4, 0.5) is 14.9 Å². The molecule has 0 radical (unpaired) electrons. The molecule has 0 aliphatic carbocycles. The molecule has 1 aliphatic rings. The van der Waals surface area contributed by atoms with E-state index in [-0.39, 0.29) is 22.4 Å². The van der Waals surface area contributed by atoms with Gasteiger partial charge < -0.3 is 9.57 Å². The molecule has 0 atom stereocenters. The summed E-state index contributed by atoms with van der Waals surface area (Å²) in [5, 5.41) is 2.59. The lowest BCUT2D eigenvalue weighted by Crippen LogP contribution is -2.33. The van der Waals surface area contributed by atoms with Gasteiger partial charge in [-0.2, -0.15) is 0 Å². The molecule has 29 heavy (non-hydrogen) atoms. The number of benzene rings is 2. The van der Waals surface area contributed by atoms with Crippen molar-refractivity contribution in [1.82, 2.24) is 5.06 Å². The third-order valence-corrected chi connectivity index (χ3v) is 3.77. The Morgan fingerprint density at radius 3 is 2.14 bits per heavy atom. The lowest BCUT2D eigenvalue weighted by molar-refractivity contribution is -0.0584. The predicted molar refractivity (Wildman–Crippen MR) is 98.6 cm³/mol. The summed E-state index contributed by atoms with van der Waals surface area (Å²) in [5.74, 6) is -3.47. The highest BCUT2D eigenvalue weighted by Gasteiger charge is 2.39. The maximum absolute atomic E-state index is 13.6. The van der Waals surface area contributed by atoms with Gasteiger partial charge in [-0.25, -0.2) is 14.0 Å². The highest BCUT2D eigenvalue weighted by atomic mass is 19.1. The normalized spacial score (nSPS) is 13.2. The molecule has 3 rings (SSSR count). The molecule has 2 aromatic carbocycles. The standard InChI is InChI=1S/C20H17FN2O6/c1-20(2,3)28-19(27)22-15-10-11(21)8-9-14(15)18(26)29-23-16(24)12-6-4-5-7-13(12)17(23)25/h4-10H,1-3H3,(H,22,27). The monoisotopic (exact) mass is 400 g/mol. The number of nitrogens with one attached hydrogen (secondary N) is 1. The van der Waals surface area contributed by atoms with Crippen molar-refractivity contribution >= 4 is 29.6 Å². The second kappa shape index (κ2) is 7.34. The molecule has 8 nitrogen and oxygen atoms in total. The molecule has 1 heterocycles. The van der Waals surface area contributed by atoms with E-state index < -0.39 is 35.3 Å². The number of rotatable bonds is 3. The van der Waals surface area contributed by atoms with E-state index in [0.717, 1.165) is 18.2 Å². The van der Waals surface area contributed by atoms with Gasteiger partial charge in [-0.1, -0.05) is 17.2 Å². The number of nitrogens with zero attached hydrogens (tertiary/aromatic N) is 1. The maximum Gasteiger partial charge on any atom is 0.412 e. The van der Waals surface area contributed by atoms with Crippen molar-refractivity contribution in [1.29, 1.82) is 0 Å². The summed E-state index contributed by atoms with van der Waals surface area (Å²) >= 11 is 0. The predicted octanol–water partition coefficient (Wildman–Crippen LogP) is 3.54. The number of hydrogen-bond acceptors (Lipinski definition) is 6. The molecule has 9 heteroatoms. The number of fused-ring (bicyclic) bond motifs is 1. The number of hydroxylamine groups is 2. The fraction of sp³-hybridized carbons (Fsp3) is 0.200. The molecule has 150 valence electrons. The minimum Gasteiger partial charge on any atom is -0.444 e. The van der Waals surface area contributed by atoms with Crippen LogP contribution in [0.1, 0.15) is 51.8 Å². The van der Waals surface area contributed by atoms with Gasteiger partial charge in [0.05, 0.1) is 22.4 Å². The molecular weight excluding hydrogens is 383 g/mol. The van der Waals surface area contributed by atoms with Crippen molar-refractivity contribution in [3.05, 3.63) is 65.0 Å². The minimum atomic E-state index is -1.13. The van der Waals surface area contributed by atoms with E-state index in [1.807, 2.05) is 0 Å². The molecule has 1 N–H and O–H groups in total. The van der Waals surface area contributed by atoms with Crippen LogP contribution in [-0.4, -0.2) is 34.5 Å². The molecule has 0 fully saturated rings. The first-order valence-electron chi connectivity index (χ1n) is 8.56. The van der Waals surface area contributed by atoms with Crippen molar-refractivity contribution in [2.45, 2.75) is 26.4 Å². The highest BCUT2D eigenvalue weighted by molar-refractivity contribution is 6.21. The fourth-order valence-corrected chi connectivity index (χ4v) is 2.59. The summed E-state index contributed by atoms with van der Waals surface area (Å²) in [6.45, 7) is 4.90. The lowest BCUT2D eigenvalue weighted by Gasteiger charge is -2.20. The van der Waals surface area contributed by atoms with Gasteiger partial charge in [0.2, 0.25) is 0 Å². The molecular formula is C20H17FN2O6. The van der Waals surface area contributed by atoms with Crippen LogP contribution >= 0.6 is 0 Å². The number of anilines is 1.